The third-order valence-electron chi connectivity index (χ3n) is 12.1. The van der Waals surface area contributed by atoms with Gasteiger partial charge in [-0.25, -0.2) is 9.59 Å². The highest BCUT2D eigenvalue weighted by Gasteiger charge is 2.35. The van der Waals surface area contributed by atoms with E-state index >= 15 is 0 Å². The van der Waals surface area contributed by atoms with Crippen LogP contribution in [-0.4, -0.2) is 70.1 Å². The number of pyridine rings is 2. The number of fused-ring (bicyclic) bond motifs is 4. The van der Waals surface area contributed by atoms with E-state index in [4.69, 9.17) is 49.8 Å². The Kier molecular flexibility index (Phi) is 14.6. The normalized spacial score (nSPS) is 13.1. The lowest BCUT2D eigenvalue weighted by atomic mass is 9.89. The first-order chi connectivity index (χ1) is 35.6. The highest BCUT2D eigenvalue weighted by atomic mass is 16.9. The van der Waals surface area contributed by atoms with Crippen LogP contribution in [0.15, 0.2) is 133 Å². The molecule has 8 aromatic rings. The zero-order chi connectivity index (χ0) is 52.8. The topological polar surface area (TPSA) is 286 Å². The Labute approximate surface area is 417 Å². The van der Waals surface area contributed by atoms with Crippen molar-refractivity contribution >= 4 is 79.2 Å². The van der Waals surface area contributed by atoms with E-state index in [0.717, 1.165) is 65.9 Å². The Balaban J connectivity index is 0.000000851. The van der Waals surface area contributed by atoms with Gasteiger partial charge < -0.3 is 49.8 Å². The van der Waals surface area contributed by atoms with E-state index in [1.165, 1.54) is 0 Å². The average Bonchev–Trinajstić information content (AvgIpc) is 3.90. The molecule has 2 aliphatic rings. The van der Waals surface area contributed by atoms with E-state index < -0.39 is 45.7 Å². The summed E-state index contributed by atoms with van der Waals surface area (Å²) >= 11 is 0. The smallest absolute Gasteiger partial charge is 0.363 e. The summed E-state index contributed by atoms with van der Waals surface area (Å²) in [6.45, 7) is 0.836. The molecular weight excluding hydrogens is 965 g/mol. The van der Waals surface area contributed by atoms with Crippen LogP contribution in [0.1, 0.15) is 57.5 Å². The molecule has 374 valence electrons. The van der Waals surface area contributed by atoms with Crippen LogP contribution in [0.2, 0.25) is 0 Å². The van der Waals surface area contributed by atoms with Gasteiger partial charge in [0.1, 0.15) is 11.5 Å². The molecule has 0 N–H and O–H groups in total. The first-order valence-corrected chi connectivity index (χ1v) is 22.4. The minimum atomic E-state index is -1.75. The van der Waals surface area contributed by atoms with E-state index in [0.29, 0.717) is 34.7 Å². The molecular formula is C52H40N6O16. The highest BCUT2D eigenvalue weighted by molar-refractivity contribution is 6.19. The molecule has 0 bridgehead atoms. The van der Waals surface area contributed by atoms with Crippen molar-refractivity contribution < 1.29 is 67.2 Å². The van der Waals surface area contributed by atoms with E-state index in [1.54, 1.807) is 38.5 Å². The number of benzene rings is 6. The lowest BCUT2D eigenvalue weighted by molar-refractivity contribution is -0.636. The van der Waals surface area contributed by atoms with Gasteiger partial charge in [0.25, 0.3) is 23.6 Å². The van der Waals surface area contributed by atoms with Gasteiger partial charge in [0.05, 0.1) is 69.2 Å². The molecule has 22 heteroatoms. The summed E-state index contributed by atoms with van der Waals surface area (Å²) in [6.07, 6.45) is 0.0333. The van der Waals surface area contributed by atoms with Crippen LogP contribution in [0, 0.1) is 30.6 Å². The molecule has 0 atom stereocenters. The second-order valence-electron chi connectivity index (χ2n) is 16.5. The van der Waals surface area contributed by atoms with Crippen LogP contribution in [-0.2, 0) is 41.9 Å². The van der Waals surface area contributed by atoms with Gasteiger partial charge in [-0.1, -0.05) is 48.5 Å². The van der Waals surface area contributed by atoms with E-state index in [2.05, 4.69) is 45.5 Å². The summed E-state index contributed by atoms with van der Waals surface area (Å²) in [5.74, 6) is -2.42. The van der Waals surface area contributed by atoms with E-state index in [-0.39, 0.29) is 36.8 Å². The molecule has 0 radical (unpaired) electrons. The number of hydrogen-bond donors (Lipinski definition) is 0. The van der Waals surface area contributed by atoms with Gasteiger partial charge in [-0.15, -0.1) is 10.1 Å². The van der Waals surface area contributed by atoms with Gasteiger partial charge >= 0.3 is 11.9 Å². The average molecular weight is 1000 g/mol. The van der Waals surface area contributed by atoms with Gasteiger partial charge in [-0.05, 0) is 60.7 Å². The molecule has 0 aliphatic carbocycles. The summed E-state index contributed by atoms with van der Waals surface area (Å²) in [5.41, 5.74) is 7.90. The Morgan fingerprint density at radius 2 is 0.784 bits per heavy atom. The molecule has 0 spiro atoms. The first-order valence-electron chi connectivity index (χ1n) is 22.4. The number of rotatable bonds is 11. The molecule has 0 unspecified atom stereocenters. The van der Waals surface area contributed by atoms with Crippen molar-refractivity contribution in [3.05, 3.63) is 186 Å². The Morgan fingerprint density at radius 1 is 0.473 bits per heavy atom. The van der Waals surface area contributed by atoms with Gasteiger partial charge in [-0.3, -0.25) is 19.2 Å². The van der Waals surface area contributed by atoms with Gasteiger partial charge in [-0.2, -0.15) is 9.13 Å². The zero-order valence-electron chi connectivity index (χ0n) is 39.2. The molecule has 2 fully saturated rings. The predicted molar refractivity (Wildman–Crippen MR) is 260 cm³/mol. The zero-order valence-corrected chi connectivity index (χ0v) is 39.2. The first kappa shape index (κ1) is 50.3. The van der Waals surface area contributed by atoms with Crippen molar-refractivity contribution in [2.75, 3.05) is 14.2 Å². The fourth-order valence-corrected chi connectivity index (χ4v) is 8.86. The number of hydrogen-bond acceptors (Lipinski definition) is 16. The SMILES string of the molecule is COc1ccc2c(-c3c4ccccc4[n+](Cc4ccc(C(=O)ON5C(=O)CCC5=O)cc4)c4cc(OC)ccc34)c3ccccc3[n+](Cc3ccc(C(=O)ON4C(=O)CCC4=O)cc3)c2c1.O=[N+]([O-])[O-].O=[N+]([O-])[O-]. The lowest BCUT2D eigenvalue weighted by Gasteiger charge is -2.17. The maximum atomic E-state index is 13.0. The van der Waals surface area contributed by atoms with Crippen LogP contribution in [0.4, 0.5) is 0 Å². The van der Waals surface area contributed by atoms with Crippen LogP contribution in [0.3, 0.4) is 0 Å². The fourth-order valence-electron chi connectivity index (χ4n) is 8.86. The number of aromatic nitrogens is 2. The standard InChI is InChI=1S/C52H40N4O10.2NO3/c1-63-35-19-21-39-43(27-35)53(29-31-11-15-33(16-12-31)51(61)65-55-45(57)23-24-46(55)58)41-9-5-3-7-37(41)49(39)50-38-8-4-6-10-42(38)54(44-28-36(64-2)20-22-40(44)50)30-32-13-17-34(18-14-32)52(62)66-56-47(59)25-26-48(56)60;2*2-1(3)4/h3-22,27-28H,23-26,29-30H2,1-2H3;;/q+2;2*-1. The Bertz CT molecular complexity index is 3330. The van der Waals surface area contributed by atoms with Crippen LogP contribution in [0.25, 0.3) is 54.7 Å². The summed E-state index contributed by atoms with van der Waals surface area (Å²) in [4.78, 5) is 101. The molecule has 4 amide bonds. The second kappa shape index (κ2) is 21.5. The van der Waals surface area contributed by atoms with Crippen molar-refractivity contribution in [1.82, 2.24) is 10.1 Å². The van der Waals surface area contributed by atoms with Gasteiger partial charge in [0, 0.05) is 60.1 Å². The number of ether oxygens (including phenoxy) is 2. The number of para-hydroxylation sites is 2. The molecule has 4 heterocycles. The lowest BCUT2D eigenvalue weighted by Crippen LogP contribution is -2.37. The summed E-state index contributed by atoms with van der Waals surface area (Å²) in [7, 11) is 3.27. The minimum Gasteiger partial charge on any atom is -0.497 e. The Morgan fingerprint density at radius 3 is 1.11 bits per heavy atom. The van der Waals surface area contributed by atoms with Gasteiger partial charge in [0.15, 0.2) is 13.1 Å². The van der Waals surface area contributed by atoms with Crippen LogP contribution >= 0.6 is 0 Å². The van der Waals surface area contributed by atoms with Crippen LogP contribution < -0.4 is 18.6 Å². The molecule has 2 aliphatic heterocycles. The number of hydroxylamine groups is 4. The fraction of sp³-hybridized carbons (Fsp3) is 0.154. The van der Waals surface area contributed by atoms with Crippen LogP contribution in [0.5, 0.6) is 11.5 Å². The molecule has 0 saturated carbocycles. The maximum Gasteiger partial charge on any atom is 0.363 e. The number of methoxy groups -OCH3 is 2. The number of nitrogens with zero attached hydrogens (tertiary/aromatic N) is 6. The largest absolute Gasteiger partial charge is 0.497 e. The molecule has 6 aromatic carbocycles. The van der Waals surface area contributed by atoms with Gasteiger partial charge in [0.2, 0.25) is 22.1 Å². The van der Waals surface area contributed by atoms with Crippen molar-refractivity contribution in [1.29, 1.82) is 0 Å². The number of amides is 4. The Hall–Kier alpha value is -10.1. The molecule has 2 aromatic heterocycles. The van der Waals surface area contributed by atoms with Crippen molar-refractivity contribution in [2.45, 2.75) is 38.8 Å². The number of imide groups is 2. The van der Waals surface area contributed by atoms with E-state index in [9.17, 15) is 28.8 Å². The third kappa shape index (κ3) is 10.5. The summed E-state index contributed by atoms with van der Waals surface area (Å²) in [5, 5.41) is 34.5. The molecule has 74 heavy (non-hydrogen) atoms. The summed E-state index contributed by atoms with van der Waals surface area (Å²) < 4.78 is 16.1. The monoisotopic (exact) mass is 1000 g/mol. The second-order valence-corrected chi connectivity index (χ2v) is 16.5. The number of carbonyl (C=O) groups is 6. The molecule has 10 rings (SSSR count). The maximum absolute atomic E-state index is 13.0. The predicted octanol–water partition coefficient (Wildman–Crippen LogP) is 6.62. The van der Waals surface area contributed by atoms with Crippen molar-refractivity contribution in [3.8, 4) is 22.6 Å². The quantitative estimate of drug-likeness (QED) is 0.0432. The third-order valence-corrected chi connectivity index (χ3v) is 12.1. The van der Waals surface area contributed by atoms with E-state index in [1.807, 2.05) is 72.8 Å². The molecule has 2 saturated heterocycles. The summed E-state index contributed by atoms with van der Waals surface area (Å²) in [6, 6.07) is 42.4. The molecule has 22 nitrogen and oxygen atoms in total. The van der Waals surface area contributed by atoms with Crippen molar-refractivity contribution in [3.63, 3.8) is 0 Å². The van der Waals surface area contributed by atoms with Crippen molar-refractivity contribution in [2.24, 2.45) is 0 Å². The number of carbonyl (C=O) groups excluding carboxylic acids is 6. The minimum absolute atomic E-state index is 0.00832. The highest BCUT2D eigenvalue weighted by Crippen LogP contribution is 2.43.